The molecule has 0 saturated carbocycles. The van der Waals surface area contributed by atoms with Crippen LogP contribution in [0, 0.1) is 0 Å². The van der Waals surface area contributed by atoms with Crippen LogP contribution < -0.4 is 5.32 Å². The van der Waals surface area contributed by atoms with Crippen LogP contribution >= 0.6 is 0 Å². The van der Waals surface area contributed by atoms with E-state index in [-0.39, 0.29) is 12.1 Å². The van der Waals surface area contributed by atoms with E-state index in [0.717, 1.165) is 59.3 Å². The Hall–Kier alpha value is -3.74. The van der Waals surface area contributed by atoms with Gasteiger partial charge in [-0.2, -0.15) is 24.7 Å². The highest BCUT2D eigenvalue weighted by atomic mass is 28.3. The second-order valence-electron chi connectivity index (χ2n) is 13.7. The van der Waals surface area contributed by atoms with Gasteiger partial charge in [0, 0.05) is 56.8 Å². The SMILES string of the molecule is CC(c1ccnc(Nc2nc3ccc(-c4cnn(COCC[Si-](C)(C)C)c4)cc3[nH]2)c1)N1CCN(C(=O)OC(C)(C)C)CC1. The van der Waals surface area contributed by atoms with Crippen molar-refractivity contribution in [2.24, 2.45) is 0 Å². The molecule has 1 unspecified atom stereocenters. The van der Waals surface area contributed by atoms with Crippen molar-refractivity contribution in [1.29, 1.82) is 0 Å². The molecule has 3 aromatic heterocycles. The molecule has 237 valence electrons. The normalized spacial score (nSPS) is 15.5. The van der Waals surface area contributed by atoms with Gasteiger partial charge in [0.25, 0.3) is 0 Å². The molecule has 5 rings (SSSR count). The third-order valence-electron chi connectivity index (χ3n) is 7.69. The van der Waals surface area contributed by atoms with Crippen LogP contribution in [0.15, 0.2) is 48.9 Å². The number of carbonyl (C=O) groups excluding carboxylic acids is 1. The zero-order valence-corrected chi connectivity index (χ0v) is 28.1. The van der Waals surface area contributed by atoms with Crippen LogP contribution in [0.3, 0.4) is 0 Å². The number of nitrogens with zero attached hydrogens (tertiary/aromatic N) is 6. The Balaban J connectivity index is 1.18. The molecule has 4 heterocycles. The standard InChI is InChI=1S/C32H46N8O3Si/c1-23(38-12-14-39(15-13-38)31(41)43-32(2,3)4)24-10-11-33-29(19-24)37-30-35-27-9-8-25(18-28(27)36-30)26-20-34-40(21-26)22-42-16-17-44(5,6)7/h8-11,18-21,23H,12-17,22H2,1-7H3,(H2,33,35,36,37)/q-1. The summed E-state index contributed by atoms with van der Waals surface area (Å²) < 4.78 is 13.2. The van der Waals surface area contributed by atoms with Crippen molar-refractivity contribution in [2.75, 3.05) is 38.1 Å². The Morgan fingerprint density at radius 3 is 2.59 bits per heavy atom. The van der Waals surface area contributed by atoms with Gasteiger partial charge in [-0.25, -0.2) is 19.4 Å². The highest BCUT2D eigenvalue weighted by molar-refractivity contribution is 6.76. The maximum Gasteiger partial charge on any atom is 0.410 e. The summed E-state index contributed by atoms with van der Waals surface area (Å²) in [6, 6.07) is 11.6. The number of benzene rings is 1. The van der Waals surface area contributed by atoms with Crippen LogP contribution in [0.2, 0.25) is 25.7 Å². The molecular weight excluding hydrogens is 572 g/mol. The summed E-state index contributed by atoms with van der Waals surface area (Å²) in [4.78, 5) is 29.3. The second kappa shape index (κ2) is 13.1. The van der Waals surface area contributed by atoms with Crippen LogP contribution in [0.1, 0.15) is 39.3 Å². The molecule has 1 fully saturated rings. The molecule has 11 nitrogen and oxygen atoms in total. The molecule has 12 heteroatoms. The van der Waals surface area contributed by atoms with Crippen molar-refractivity contribution in [2.45, 2.75) is 71.8 Å². The first kappa shape index (κ1) is 31.7. The molecular formula is C32H46N8O3Si-. The van der Waals surface area contributed by atoms with E-state index >= 15 is 0 Å². The molecule has 1 aliphatic rings. The first-order chi connectivity index (χ1) is 20.8. The van der Waals surface area contributed by atoms with E-state index in [1.165, 1.54) is 0 Å². The summed E-state index contributed by atoms with van der Waals surface area (Å²) in [6.45, 7) is 19.0. The van der Waals surface area contributed by atoms with E-state index < -0.39 is 13.7 Å². The number of pyridine rings is 1. The van der Waals surface area contributed by atoms with Gasteiger partial charge in [0.1, 0.15) is 18.1 Å². The number of imidazole rings is 1. The van der Waals surface area contributed by atoms with Gasteiger partial charge < -0.3 is 24.7 Å². The van der Waals surface area contributed by atoms with E-state index in [2.05, 4.69) is 70.0 Å². The number of aromatic nitrogens is 5. The quantitative estimate of drug-likeness (QED) is 0.153. The Labute approximate surface area is 261 Å². The maximum absolute atomic E-state index is 12.5. The topological polar surface area (TPSA) is 113 Å². The maximum atomic E-state index is 12.5. The zero-order chi connectivity index (χ0) is 31.5. The number of fused-ring (bicyclic) bond motifs is 1. The Bertz CT molecular complexity index is 1560. The zero-order valence-electron chi connectivity index (χ0n) is 27.1. The molecule has 44 heavy (non-hydrogen) atoms. The fourth-order valence-electron chi connectivity index (χ4n) is 5.09. The van der Waals surface area contributed by atoms with E-state index in [9.17, 15) is 4.79 Å². The summed E-state index contributed by atoms with van der Waals surface area (Å²) in [5.74, 6) is 1.35. The smallest absolute Gasteiger partial charge is 0.410 e. The monoisotopic (exact) mass is 618 g/mol. The number of nitrogens with one attached hydrogen (secondary N) is 2. The van der Waals surface area contributed by atoms with Crippen LogP contribution in [-0.4, -0.2) is 87.1 Å². The van der Waals surface area contributed by atoms with Crippen molar-refractivity contribution < 1.29 is 14.3 Å². The van der Waals surface area contributed by atoms with Crippen LogP contribution in [0.25, 0.3) is 22.2 Å². The summed E-state index contributed by atoms with van der Waals surface area (Å²) in [7, 11) is -1.11. The molecule has 1 amide bonds. The van der Waals surface area contributed by atoms with Gasteiger partial charge in [0.15, 0.2) is 0 Å². The van der Waals surface area contributed by atoms with Crippen LogP contribution in [0.5, 0.6) is 0 Å². The predicted octanol–water partition coefficient (Wildman–Crippen LogP) is 6.49. The second-order valence-corrected chi connectivity index (χ2v) is 19.3. The summed E-state index contributed by atoms with van der Waals surface area (Å²) in [5.41, 5.74) is 4.54. The number of piperazine rings is 1. The third-order valence-corrected chi connectivity index (χ3v) is 9.40. The van der Waals surface area contributed by atoms with Gasteiger partial charge in [-0.15, -0.1) is 14.1 Å². The van der Waals surface area contributed by atoms with Gasteiger partial charge in [-0.05, 0) is 63.1 Å². The third kappa shape index (κ3) is 8.45. The van der Waals surface area contributed by atoms with Crippen molar-refractivity contribution in [1.82, 2.24) is 34.5 Å². The number of H-pyrrole nitrogens is 1. The lowest BCUT2D eigenvalue weighted by atomic mass is 10.1. The van der Waals surface area contributed by atoms with Gasteiger partial charge >= 0.3 is 6.09 Å². The minimum Gasteiger partial charge on any atom is -0.444 e. The first-order valence-corrected chi connectivity index (χ1v) is 19.1. The van der Waals surface area contributed by atoms with Crippen LogP contribution in [-0.2, 0) is 16.2 Å². The highest BCUT2D eigenvalue weighted by Crippen LogP contribution is 2.27. The van der Waals surface area contributed by atoms with Crippen molar-refractivity contribution in [3.05, 3.63) is 54.5 Å². The number of ether oxygens (including phenoxy) is 2. The molecule has 0 aliphatic carbocycles. The molecule has 1 aliphatic heterocycles. The van der Waals surface area contributed by atoms with Crippen molar-refractivity contribution in [3.63, 3.8) is 0 Å². The Morgan fingerprint density at radius 2 is 1.86 bits per heavy atom. The summed E-state index contributed by atoms with van der Waals surface area (Å²) >= 11 is 0. The molecule has 1 aromatic carbocycles. The lowest BCUT2D eigenvalue weighted by Crippen LogP contribution is -2.50. The summed E-state index contributed by atoms with van der Waals surface area (Å²) in [5, 5.41) is 7.82. The van der Waals surface area contributed by atoms with Gasteiger partial charge in [0.05, 0.1) is 17.2 Å². The number of anilines is 2. The van der Waals surface area contributed by atoms with Gasteiger partial charge in [-0.1, -0.05) is 6.07 Å². The van der Waals surface area contributed by atoms with Crippen molar-refractivity contribution in [3.8, 4) is 11.1 Å². The average molecular weight is 619 g/mol. The molecule has 0 radical (unpaired) electrons. The fraction of sp³-hybridized carbons (Fsp3) is 0.500. The van der Waals surface area contributed by atoms with Crippen molar-refractivity contribution >= 4 is 37.0 Å². The molecule has 1 atom stereocenters. The lowest BCUT2D eigenvalue weighted by Gasteiger charge is -2.38. The first-order valence-electron chi connectivity index (χ1n) is 15.4. The lowest BCUT2D eigenvalue weighted by molar-refractivity contribution is 0.0110. The van der Waals surface area contributed by atoms with Gasteiger partial charge in [0.2, 0.25) is 5.95 Å². The summed E-state index contributed by atoms with van der Waals surface area (Å²) in [6.07, 6.45) is 5.45. The average Bonchev–Trinajstić information content (AvgIpc) is 3.60. The molecule has 2 N–H and O–H groups in total. The van der Waals surface area contributed by atoms with Gasteiger partial charge in [-0.3, -0.25) is 4.90 Å². The molecule has 0 spiro atoms. The van der Waals surface area contributed by atoms with Crippen LogP contribution in [0.4, 0.5) is 16.6 Å². The number of hydrogen-bond donors (Lipinski definition) is 2. The van der Waals surface area contributed by atoms with E-state index in [1.54, 1.807) is 4.90 Å². The Morgan fingerprint density at radius 1 is 1.09 bits per heavy atom. The van der Waals surface area contributed by atoms with E-state index in [1.807, 2.05) is 56.2 Å². The minimum atomic E-state index is -1.11. The number of carbonyl (C=O) groups is 1. The number of aromatic amines is 1. The predicted molar refractivity (Wildman–Crippen MR) is 177 cm³/mol. The fourth-order valence-corrected chi connectivity index (χ4v) is 5.85. The largest absolute Gasteiger partial charge is 0.444 e. The number of hydrogen-bond acceptors (Lipinski definition) is 8. The molecule has 1 saturated heterocycles. The molecule has 4 aromatic rings. The highest BCUT2D eigenvalue weighted by Gasteiger charge is 2.28. The number of amides is 1. The van der Waals surface area contributed by atoms with E-state index in [0.29, 0.717) is 25.8 Å². The Kier molecular flexibility index (Phi) is 9.42. The number of rotatable bonds is 10. The molecule has 0 bridgehead atoms. The minimum absolute atomic E-state index is 0.171. The van der Waals surface area contributed by atoms with E-state index in [4.69, 9.17) is 14.5 Å².